The van der Waals surface area contributed by atoms with Crippen LogP contribution < -0.4 is 20.7 Å². The van der Waals surface area contributed by atoms with Gasteiger partial charge in [-0.05, 0) is 24.3 Å². The Morgan fingerprint density at radius 2 is 1.58 bits per heavy atom. The second-order valence-electron chi connectivity index (χ2n) is 14.4. The van der Waals surface area contributed by atoms with Crippen LogP contribution in [0, 0.1) is 5.92 Å². The van der Waals surface area contributed by atoms with Gasteiger partial charge in [-0.15, -0.1) is 0 Å². The van der Waals surface area contributed by atoms with Gasteiger partial charge in [0, 0.05) is 57.6 Å². The first-order valence-corrected chi connectivity index (χ1v) is 20.5. The number of aromatic amines is 1. The predicted molar refractivity (Wildman–Crippen MR) is 197 cm³/mol. The maximum absolute atomic E-state index is 15.8. The van der Waals surface area contributed by atoms with E-state index in [1.807, 2.05) is 4.90 Å². The van der Waals surface area contributed by atoms with Gasteiger partial charge in [-0.3, -0.25) is 19.3 Å². The number of carbonyl (C=O) groups is 3. The number of aliphatic hydroxyl groups excluding tert-OH is 1. The number of amides is 3. The van der Waals surface area contributed by atoms with E-state index in [1.165, 1.54) is 16.8 Å². The Hall–Kier alpha value is -3.59. The highest BCUT2D eigenvalue weighted by Crippen LogP contribution is 2.31. The first-order chi connectivity index (χ1) is 26.4. The Bertz CT molecular complexity index is 1610. The summed E-state index contributed by atoms with van der Waals surface area (Å²) in [4.78, 5) is 49.8. The van der Waals surface area contributed by atoms with Crippen molar-refractivity contribution in [3.63, 3.8) is 0 Å². The summed E-state index contributed by atoms with van der Waals surface area (Å²) in [5, 5.41) is 18.6. The Labute approximate surface area is 320 Å². The number of H-pyrrole nitrogens is 1. The van der Waals surface area contributed by atoms with Gasteiger partial charge in [-0.25, -0.2) is 4.98 Å². The monoisotopic (exact) mass is 796 g/mol. The highest BCUT2D eigenvalue weighted by molar-refractivity contribution is 7.87. The molecule has 0 spiro atoms. The molecule has 4 atom stereocenters. The molecule has 0 radical (unpaired) electrons. The second-order valence-corrected chi connectivity index (χ2v) is 16.1. The van der Waals surface area contributed by atoms with Crippen molar-refractivity contribution >= 4 is 27.9 Å². The molecule has 55 heavy (non-hydrogen) atoms. The summed E-state index contributed by atoms with van der Waals surface area (Å²) in [5.74, 6) is -7.76. The Balaban J connectivity index is 1.34. The third-order valence-corrected chi connectivity index (χ3v) is 12.0. The number of halogens is 2. The number of benzene rings is 1. The number of aliphatic hydroxyl groups is 1. The molecule has 1 unspecified atom stereocenters. The van der Waals surface area contributed by atoms with Gasteiger partial charge in [0.2, 0.25) is 11.8 Å². The Morgan fingerprint density at radius 3 is 2.24 bits per heavy atom. The van der Waals surface area contributed by atoms with Crippen LogP contribution in [0.2, 0.25) is 0 Å². The van der Waals surface area contributed by atoms with Gasteiger partial charge in [0.05, 0.1) is 38.8 Å². The molecule has 1 saturated carbocycles. The number of imidazole rings is 1. The second kappa shape index (κ2) is 20.5. The molecule has 1 aliphatic carbocycles. The summed E-state index contributed by atoms with van der Waals surface area (Å²) in [6, 6.07) is 4.37. The lowest BCUT2D eigenvalue weighted by Gasteiger charge is -2.34. The molecule has 19 heteroatoms. The first-order valence-electron chi connectivity index (χ1n) is 19.0. The fourth-order valence-corrected chi connectivity index (χ4v) is 8.49. The fraction of sp³-hybridized carbons (Fsp3) is 0.667. The van der Waals surface area contributed by atoms with Crippen molar-refractivity contribution in [1.82, 2.24) is 39.8 Å². The molecular formula is C36H54F2N8O8S. The van der Waals surface area contributed by atoms with Crippen LogP contribution in [-0.2, 0) is 46.9 Å². The molecule has 306 valence electrons. The molecule has 3 heterocycles. The third-order valence-electron chi connectivity index (χ3n) is 10.3. The van der Waals surface area contributed by atoms with Crippen LogP contribution in [0.5, 0.6) is 0 Å². The normalized spacial score (nSPS) is 20.2. The topological polar surface area (TPSA) is 207 Å². The van der Waals surface area contributed by atoms with Gasteiger partial charge < -0.3 is 35.5 Å². The molecule has 3 aliphatic rings. The first kappa shape index (κ1) is 42.6. The average molecular weight is 797 g/mol. The van der Waals surface area contributed by atoms with Crippen molar-refractivity contribution in [2.24, 2.45) is 5.92 Å². The van der Waals surface area contributed by atoms with E-state index in [-0.39, 0.29) is 58.0 Å². The predicted octanol–water partition coefficient (Wildman–Crippen LogP) is 0.115. The van der Waals surface area contributed by atoms with Crippen LogP contribution in [0.3, 0.4) is 0 Å². The molecule has 0 bridgehead atoms. The maximum Gasteiger partial charge on any atom is 0.351 e. The summed E-state index contributed by atoms with van der Waals surface area (Å²) >= 11 is 0. The minimum absolute atomic E-state index is 0.0236. The minimum Gasteiger partial charge on any atom is -0.384 e. The van der Waals surface area contributed by atoms with Crippen LogP contribution in [0.1, 0.15) is 49.8 Å². The standard InChI is InChI=1S/C36H54F2N8O8S/c37-36(38,35(50)40-11-12-45-13-17-53-18-14-45)32(47)29(21-26-7-3-1-4-8-26)42-33(48)30(23-28-24-39-25-41-28)43-34(49)31(22-27-9-5-2-6-10-27)44-55(51,52)46-15-19-54-20-16-46/h2,5-6,9-10,24-26,29-32,44,47H,1,3-4,7-8,11-23H2,(H,39,41)(H,40,50)(H,42,48)(H,43,49)/t29-,30-,31-,32?/m0/s1. The zero-order valence-corrected chi connectivity index (χ0v) is 31.8. The van der Waals surface area contributed by atoms with E-state index in [2.05, 4.69) is 30.6 Å². The van der Waals surface area contributed by atoms with Gasteiger partial charge >= 0.3 is 5.92 Å². The number of aromatic nitrogens is 2. The van der Waals surface area contributed by atoms with E-state index in [0.717, 1.165) is 19.3 Å². The number of nitrogens with one attached hydrogen (secondary N) is 5. The summed E-state index contributed by atoms with van der Waals surface area (Å²) < 4.78 is 72.6. The van der Waals surface area contributed by atoms with Crippen LogP contribution in [0.4, 0.5) is 8.78 Å². The van der Waals surface area contributed by atoms with Crippen molar-refractivity contribution in [1.29, 1.82) is 0 Å². The van der Waals surface area contributed by atoms with Crippen LogP contribution in [0.25, 0.3) is 0 Å². The summed E-state index contributed by atoms with van der Waals surface area (Å²) in [6.07, 6.45) is 4.07. The molecule has 3 amide bonds. The lowest BCUT2D eigenvalue weighted by atomic mass is 9.82. The minimum atomic E-state index is -4.27. The van der Waals surface area contributed by atoms with E-state index in [1.54, 1.807) is 30.3 Å². The quantitative estimate of drug-likeness (QED) is 0.113. The van der Waals surface area contributed by atoms with Crippen LogP contribution in [-0.4, -0.2) is 146 Å². The van der Waals surface area contributed by atoms with Gasteiger partial charge in [-0.1, -0.05) is 62.4 Å². The molecule has 6 N–H and O–H groups in total. The van der Waals surface area contributed by atoms with E-state index in [9.17, 15) is 27.9 Å². The van der Waals surface area contributed by atoms with Crippen LogP contribution >= 0.6 is 0 Å². The zero-order chi connectivity index (χ0) is 39.3. The number of nitrogens with zero attached hydrogens (tertiary/aromatic N) is 3. The molecule has 5 rings (SSSR count). The zero-order valence-electron chi connectivity index (χ0n) is 31.0. The van der Waals surface area contributed by atoms with Gasteiger partial charge in [0.25, 0.3) is 16.1 Å². The third kappa shape index (κ3) is 12.7. The van der Waals surface area contributed by atoms with Crippen molar-refractivity contribution < 1.29 is 46.2 Å². The maximum atomic E-state index is 15.8. The molecular weight excluding hydrogens is 743 g/mol. The van der Waals surface area contributed by atoms with Gasteiger partial charge in [-0.2, -0.15) is 26.2 Å². The summed E-state index contributed by atoms with van der Waals surface area (Å²) in [6.45, 7) is 3.02. The Kier molecular flexibility index (Phi) is 15.9. The summed E-state index contributed by atoms with van der Waals surface area (Å²) in [5.41, 5.74) is 1.06. The molecule has 3 fully saturated rings. The largest absolute Gasteiger partial charge is 0.384 e. The van der Waals surface area contributed by atoms with Crippen molar-refractivity contribution in [3.8, 4) is 0 Å². The lowest BCUT2D eigenvalue weighted by Crippen LogP contribution is -2.62. The van der Waals surface area contributed by atoms with Crippen LogP contribution in [0.15, 0.2) is 42.9 Å². The lowest BCUT2D eigenvalue weighted by molar-refractivity contribution is -0.168. The highest BCUT2D eigenvalue weighted by Gasteiger charge is 2.51. The molecule has 1 aromatic carbocycles. The van der Waals surface area contributed by atoms with E-state index in [0.29, 0.717) is 56.9 Å². The number of carbonyl (C=O) groups excluding carboxylic acids is 3. The summed E-state index contributed by atoms with van der Waals surface area (Å²) in [7, 11) is -4.17. The van der Waals surface area contributed by atoms with Crippen molar-refractivity contribution in [2.75, 3.05) is 65.7 Å². The molecule has 2 aromatic rings. The number of rotatable bonds is 19. The number of hydrogen-bond donors (Lipinski definition) is 6. The number of morpholine rings is 2. The van der Waals surface area contributed by atoms with Crippen molar-refractivity contribution in [2.45, 2.75) is 81.5 Å². The van der Waals surface area contributed by atoms with E-state index >= 15 is 8.78 Å². The van der Waals surface area contributed by atoms with E-state index in [4.69, 9.17) is 9.47 Å². The smallest absolute Gasteiger partial charge is 0.351 e. The number of alkyl halides is 2. The Morgan fingerprint density at radius 1 is 0.927 bits per heavy atom. The molecule has 1 aromatic heterocycles. The van der Waals surface area contributed by atoms with Crippen molar-refractivity contribution in [3.05, 3.63) is 54.1 Å². The average Bonchev–Trinajstić information content (AvgIpc) is 3.71. The SMILES string of the molecule is O=C(N[C@@H](CC1CCCCC1)C(O)C(F)(F)C(=O)NCCN1CCOCC1)[C@H](Cc1cnc[nH]1)NC(=O)[C@H](Cc1ccccc1)NS(=O)(=O)N1CCOCC1. The number of hydrogen-bond acceptors (Lipinski definition) is 10. The van der Waals surface area contributed by atoms with E-state index < -0.39 is 58.1 Å². The molecule has 16 nitrogen and oxygen atoms in total. The number of ether oxygens (including phenoxy) is 2. The van der Waals surface area contributed by atoms with Gasteiger partial charge in [0.15, 0.2) is 0 Å². The fourth-order valence-electron chi connectivity index (χ4n) is 7.17. The molecule has 2 saturated heterocycles. The highest BCUT2D eigenvalue weighted by atomic mass is 32.2. The molecule has 2 aliphatic heterocycles. The van der Waals surface area contributed by atoms with Gasteiger partial charge in [0.1, 0.15) is 18.2 Å².